The van der Waals surface area contributed by atoms with Gasteiger partial charge in [-0.2, -0.15) is 0 Å². The summed E-state index contributed by atoms with van der Waals surface area (Å²) in [7, 11) is 0. The van der Waals surface area contributed by atoms with Crippen LogP contribution in [0.2, 0.25) is 5.02 Å². The molecule has 1 saturated heterocycles. The van der Waals surface area contributed by atoms with Crippen LogP contribution in [0.3, 0.4) is 0 Å². The smallest absolute Gasteiger partial charge is 0.261 e. The lowest BCUT2D eigenvalue weighted by Gasteiger charge is -2.28. The maximum atomic E-state index is 12.5. The van der Waals surface area contributed by atoms with E-state index in [1.165, 1.54) is 24.9 Å². The van der Waals surface area contributed by atoms with E-state index in [1.807, 2.05) is 6.92 Å². The predicted molar refractivity (Wildman–Crippen MR) is 111 cm³/mol. The van der Waals surface area contributed by atoms with Crippen LogP contribution in [0.15, 0.2) is 48.5 Å². The van der Waals surface area contributed by atoms with Crippen molar-refractivity contribution in [3.8, 4) is 5.75 Å². The molecule has 1 aliphatic heterocycles. The largest absolute Gasteiger partial charge is 0.481 e. The van der Waals surface area contributed by atoms with Gasteiger partial charge < -0.3 is 15.0 Å². The zero-order valence-corrected chi connectivity index (χ0v) is 16.5. The fourth-order valence-electron chi connectivity index (χ4n) is 3.28. The van der Waals surface area contributed by atoms with Gasteiger partial charge in [-0.25, -0.2) is 0 Å². The van der Waals surface area contributed by atoms with Gasteiger partial charge >= 0.3 is 0 Å². The van der Waals surface area contributed by atoms with Gasteiger partial charge in [-0.05, 0) is 67.6 Å². The highest BCUT2D eigenvalue weighted by molar-refractivity contribution is 6.30. The number of carbonyl (C=O) groups excluding carboxylic acids is 1. The van der Waals surface area contributed by atoms with Crippen LogP contribution in [0.4, 0.5) is 5.69 Å². The second kappa shape index (κ2) is 9.65. The van der Waals surface area contributed by atoms with E-state index in [0.717, 1.165) is 18.7 Å². The SMILES string of the molecule is CCC(Oc1ccc(Cl)cc1)C(=O)NCc1ccc(N2CCCCC2)cc1. The molecule has 5 heteroatoms. The molecule has 1 heterocycles. The minimum atomic E-state index is -0.515. The van der Waals surface area contributed by atoms with Crippen LogP contribution < -0.4 is 15.0 Å². The minimum Gasteiger partial charge on any atom is -0.481 e. The van der Waals surface area contributed by atoms with Gasteiger partial charge in [0, 0.05) is 30.3 Å². The molecule has 2 aromatic carbocycles. The van der Waals surface area contributed by atoms with Crippen LogP contribution in [-0.4, -0.2) is 25.1 Å². The molecule has 144 valence electrons. The Labute approximate surface area is 166 Å². The third kappa shape index (κ3) is 5.64. The summed E-state index contributed by atoms with van der Waals surface area (Å²) in [4.78, 5) is 14.9. The third-order valence-electron chi connectivity index (χ3n) is 4.88. The van der Waals surface area contributed by atoms with Crippen LogP contribution >= 0.6 is 11.6 Å². The number of nitrogens with one attached hydrogen (secondary N) is 1. The standard InChI is InChI=1S/C22H27ClN2O2/c1-2-21(27-20-12-8-18(23)9-13-20)22(26)24-16-17-6-10-19(11-7-17)25-14-4-3-5-15-25/h6-13,21H,2-5,14-16H2,1H3,(H,24,26). The van der Waals surface area contributed by atoms with E-state index in [9.17, 15) is 4.79 Å². The number of hydrogen-bond donors (Lipinski definition) is 1. The Hall–Kier alpha value is -2.20. The number of amides is 1. The topological polar surface area (TPSA) is 41.6 Å². The Kier molecular flexibility index (Phi) is 6.99. The Balaban J connectivity index is 1.51. The molecular formula is C22H27ClN2O2. The molecular weight excluding hydrogens is 360 g/mol. The molecule has 0 radical (unpaired) electrons. The second-order valence-electron chi connectivity index (χ2n) is 6.90. The highest BCUT2D eigenvalue weighted by Gasteiger charge is 2.18. The van der Waals surface area contributed by atoms with Crippen molar-refractivity contribution in [2.24, 2.45) is 0 Å². The molecule has 0 aromatic heterocycles. The first-order valence-electron chi connectivity index (χ1n) is 9.69. The van der Waals surface area contributed by atoms with E-state index in [2.05, 4.69) is 34.5 Å². The predicted octanol–water partition coefficient (Wildman–Crippen LogP) is 4.80. The van der Waals surface area contributed by atoms with E-state index in [-0.39, 0.29) is 5.91 Å². The van der Waals surface area contributed by atoms with Gasteiger partial charge in [0.15, 0.2) is 6.10 Å². The van der Waals surface area contributed by atoms with Crippen molar-refractivity contribution in [1.82, 2.24) is 5.32 Å². The van der Waals surface area contributed by atoms with Gasteiger partial charge in [0.2, 0.25) is 0 Å². The van der Waals surface area contributed by atoms with Crippen LogP contribution in [0.25, 0.3) is 0 Å². The van der Waals surface area contributed by atoms with Crippen LogP contribution in [-0.2, 0) is 11.3 Å². The normalized spacial score (nSPS) is 15.3. The van der Waals surface area contributed by atoms with E-state index in [0.29, 0.717) is 23.7 Å². The van der Waals surface area contributed by atoms with E-state index in [4.69, 9.17) is 16.3 Å². The van der Waals surface area contributed by atoms with Gasteiger partial charge in [0.05, 0.1) is 0 Å². The van der Waals surface area contributed by atoms with Crippen molar-refractivity contribution < 1.29 is 9.53 Å². The quantitative estimate of drug-likeness (QED) is 0.742. The molecule has 0 saturated carbocycles. The average molecular weight is 387 g/mol. The first-order valence-corrected chi connectivity index (χ1v) is 10.1. The van der Waals surface area contributed by atoms with Crippen molar-refractivity contribution in [3.63, 3.8) is 0 Å². The summed E-state index contributed by atoms with van der Waals surface area (Å²) in [5.74, 6) is 0.542. The van der Waals surface area contributed by atoms with Gasteiger partial charge in [-0.3, -0.25) is 4.79 Å². The summed E-state index contributed by atoms with van der Waals surface area (Å²) in [6, 6.07) is 15.5. The number of ether oxygens (including phenoxy) is 1. The fraction of sp³-hybridized carbons (Fsp3) is 0.409. The summed E-state index contributed by atoms with van der Waals surface area (Å²) >= 11 is 5.88. The average Bonchev–Trinajstić information content (AvgIpc) is 2.72. The van der Waals surface area contributed by atoms with Crippen molar-refractivity contribution in [2.75, 3.05) is 18.0 Å². The molecule has 1 fully saturated rings. The minimum absolute atomic E-state index is 0.104. The number of piperidine rings is 1. The molecule has 3 rings (SSSR count). The summed E-state index contributed by atoms with van der Waals surface area (Å²) < 4.78 is 5.79. The molecule has 4 nitrogen and oxygen atoms in total. The van der Waals surface area contributed by atoms with E-state index < -0.39 is 6.10 Å². The van der Waals surface area contributed by atoms with Crippen molar-refractivity contribution in [2.45, 2.75) is 45.3 Å². The van der Waals surface area contributed by atoms with Gasteiger partial charge in [0.25, 0.3) is 5.91 Å². The molecule has 0 aliphatic carbocycles. The van der Waals surface area contributed by atoms with Crippen LogP contribution in [0.1, 0.15) is 38.2 Å². The molecule has 27 heavy (non-hydrogen) atoms. The fourth-order valence-corrected chi connectivity index (χ4v) is 3.41. The number of halogens is 1. The molecule has 2 aromatic rings. The zero-order chi connectivity index (χ0) is 19.1. The Morgan fingerprint density at radius 2 is 1.74 bits per heavy atom. The number of rotatable bonds is 7. The molecule has 1 atom stereocenters. The van der Waals surface area contributed by atoms with Gasteiger partial charge in [-0.15, -0.1) is 0 Å². The zero-order valence-electron chi connectivity index (χ0n) is 15.8. The lowest BCUT2D eigenvalue weighted by atomic mass is 10.1. The third-order valence-corrected chi connectivity index (χ3v) is 5.13. The molecule has 1 unspecified atom stereocenters. The van der Waals surface area contributed by atoms with Crippen LogP contribution in [0.5, 0.6) is 5.75 Å². The molecule has 1 amide bonds. The Morgan fingerprint density at radius 3 is 2.37 bits per heavy atom. The van der Waals surface area contributed by atoms with Crippen molar-refractivity contribution in [1.29, 1.82) is 0 Å². The number of anilines is 1. The number of nitrogens with zero attached hydrogens (tertiary/aromatic N) is 1. The van der Waals surface area contributed by atoms with Gasteiger partial charge in [-0.1, -0.05) is 30.7 Å². The molecule has 1 N–H and O–H groups in total. The highest BCUT2D eigenvalue weighted by atomic mass is 35.5. The van der Waals surface area contributed by atoms with Crippen molar-refractivity contribution >= 4 is 23.2 Å². The van der Waals surface area contributed by atoms with Crippen molar-refractivity contribution in [3.05, 3.63) is 59.1 Å². The highest BCUT2D eigenvalue weighted by Crippen LogP contribution is 2.20. The Morgan fingerprint density at radius 1 is 1.07 bits per heavy atom. The van der Waals surface area contributed by atoms with E-state index in [1.54, 1.807) is 24.3 Å². The summed E-state index contributed by atoms with van der Waals surface area (Å²) in [6.45, 7) is 4.71. The number of hydrogen-bond acceptors (Lipinski definition) is 3. The lowest BCUT2D eigenvalue weighted by molar-refractivity contribution is -0.128. The number of benzene rings is 2. The summed E-state index contributed by atoms with van der Waals surface area (Å²) in [5.41, 5.74) is 2.35. The lowest BCUT2D eigenvalue weighted by Crippen LogP contribution is -2.37. The maximum Gasteiger partial charge on any atom is 0.261 e. The monoisotopic (exact) mass is 386 g/mol. The molecule has 1 aliphatic rings. The number of carbonyl (C=O) groups is 1. The summed E-state index contributed by atoms with van der Waals surface area (Å²) in [6.07, 6.45) is 3.95. The maximum absolute atomic E-state index is 12.5. The summed E-state index contributed by atoms with van der Waals surface area (Å²) in [5, 5.41) is 3.62. The Bertz CT molecular complexity index is 725. The first kappa shape index (κ1) is 19.6. The van der Waals surface area contributed by atoms with E-state index >= 15 is 0 Å². The molecule has 0 spiro atoms. The second-order valence-corrected chi connectivity index (χ2v) is 7.34. The first-order chi connectivity index (χ1) is 13.2. The van der Waals surface area contributed by atoms with Crippen LogP contribution in [0, 0.1) is 0 Å². The van der Waals surface area contributed by atoms with Gasteiger partial charge in [0.1, 0.15) is 5.75 Å². The molecule has 0 bridgehead atoms.